The summed E-state index contributed by atoms with van der Waals surface area (Å²) < 4.78 is 0. The first-order valence-electron chi connectivity index (χ1n) is 5.52. The lowest BCUT2D eigenvalue weighted by Crippen LogP contribution is -2.03. The van der Waals surface area contributed by atoms with Crippen molar-refractivity contribution in [2.45, 2.75) is 26.3 Å². The molecule has 2 N–H and O–H groups in total. The molecule has 2 aromatic rings. The Morgan fingerprint density at radius 3 is 2.53 bits per heavy atom. The second-order valence-electron chi connectivity index (χ2n) is 4.15. The van der Waals surface area contributed by atoms with Gasteiger partial charge in [-0.25, -0.2) is 4.98 Å². The van der Waals surface area contributed by atoms with Gasteiger partial charge in [0.1, 0.15) is 0 Å². The molecule has 2 rings (SSSR count). The summed E-state index contributed by atoms with van der Waals surface area (Å²) in [5.74, 6) is 0. The Morgan fingerprint density at radius 2 is 2.00 bits per heavy atom. The number of aryl methyl sites for hydroxylation is 1. The fraction of sp³-hybridized carbons (Fsp3) is 0.308. The molecule has 0 aliphatic rings. The van der Waals surface area contributed by atoms with E-state index in [0.717, 1.165) is 22.1 Å². The van der Waals surface area contributed by atoms with Gasteiger partial charge in [0.25, 0.3) is 0 Å². The van der Waals surface area contributed by atoms with Crippen molar-refractivity contribution in [2.75, 3.05) is 0 Å². The molecule has 90 valence electrons. The molecule has 0 aliphatic carbocycles. The molecule has 4 heteroatoms. The number of halogens is 1. The Balaban J connectivity index is 2.19. The smallest absolute Gasteiger partial charge is 0.0975 e. The lowest BCUT2D eigenvalue weighted by molar-refractivity contribution is 0.825. The molecule has 0 saturated heterocycles. The number of hydrogen-bond donors (Lipinski definition) is 1. The van der Waals surface area contributed by atoms with Gasteiger partial charge >= 0.3 is 0 Å². The highest BCUT2D eigenvalue weighted by Gasteiger charge is 2.11. The van der Waals surface area contributed by atoms with Gasteiger partial charge < -0.3 is 5.73 Å². The van der Waals surface area contributed by atoms with Crippen molar-refractivity contribution < 1.29 is 0 Å². The highest BCUT2D eigenvalue weighted by molar-refractivity contribution is 7.11. The number of benzene rings is 1. The van der Waals surface area contributed by atoms with Crippen LogP contribution in [-0.4, -0.2) is 4.98 Å². The summed E-state index contributed by atoms with van der Waals surface area (Å²) in [5.41, 5.74) is 8.17. The minimum Gasteiger partial charge on any atom is -0.323 e. The van der Waals surface area contributed by atoms with Gasteiger partial charge in [-0.15, -0.1) is 11.3 Å². The zero-order chi connectivity index (χ0) is 12.4. The molecule has 0 radical (unpaired) electrons. The molecule has 1 aromatic heterocycles. The molecule has 1 unspecified atom stereocenters. The topological polar surface area (TPSA) is 38.9 Å². The molecule has 0 amide bonds. The van der Waals surface area contributed by atoms with Crippen LogP contribution in [0, 0.1) is 6.92 Å². The molecule has 1 atom stereocenters. The van der Waals surface area contributed by atoms with Crippen molar-refractivity contribution in [2.24, 2.45) is 5.73 Å². The van der Waals surface area contributed by atoms with E-state index in [4.69, 9.17) is 17.3 Å². The van der Waals surface area contributed by atoms with Crippen molar-refractivity contribution in [1.29, 1.82) is 0 Å². The van der Waals surface area contributed by atoms with Gasteiger partial charge in [-0.2, -0.15) is 0 Å². The van der Waals surface area contributed by atoms with Crippen LogP contribution < -0.4 is 5.73 Å². The number of aromatic nitrogens is 1. The molecule has 1 heterocycles. The monoisotopic (exact) mass is 266 g/mol. The van der Waals surface area contributed by atoms with Crippen LogP contribution in [0.1, 0.15) is 34.1 Å². The van der Waals surface area contributed by atoms with Crippen LogP contribution in [0.3, 0.4) is 0 Å². The molecule has 0 saturated carbocycles. The van der Waals surface area contributed by atoms with E-state index < -0.39 is 0 Å². The molecule has 0 spiro atoms. The molecule has 0 fully saturated rings. The molecule has 0 aliphatic heterocycles. The second-order valence-corrected chi connectivity index (χ2v) is 5.70. The van der Waals surface area contributed by atoms with Crippen molar-refractivity contribution in [3.63, 3.8) is 0 Å². The van der Waals surface area contributed by atoms with Gasteiger partial charge in [-0.3, -0.25) is 0 Å². The normalized spacial score (nSPS) is 12.7. The number of nitrogens with zero attached hydrogens (tertiary/aromatic N) is 1. The maximum atomic E-state index is 5.89. The van der Waals surface area contributed by atoms with Crippen LogP contribution in [0.15, 0.2) is 24.3 Å². The van der Waals surface area contributed by atoms with Crippen molar-refractivity contribution in [1.82, 2.24) is 4.98 Å². The van der Waals surface area contributed by atoms with Crippen LogP contribution in [0.5, 0.6) is 0 Å². The largest absolute Gasteiger partial charge is 0.323 e. The molecular formula is C13H15ClN2S. The van der Waals surface area contributed by atoms with Crippen LogP contribution in [0.25, 0.3) is 0 Å². The minimum absolute atomic E-state index is 0.0615. The van der Waals surface area contributed by atoms with Crippen LogP contribution in [0.2, 0.25) is 5.02 Å². The summed E-state index contributed by atoms with van der Waals surface area (Å²) in [6, 6.07) is 7.94. The Morgan fingerprint density at radius 1 is 1.35 bits per heavy atom. The summed E-state index contributed by atoms with van der Waals surface area (Å²) >= 11 is 7.55. The summed E-state index contributed by atoms with van der Waals surface area (Å²) in [6.45, 7) is 4.01. The zero-order valence-corrected chi connectivity index (χ0v) is 11.5. The number of rotatable bonds is 3. The first kappa shape index (κ1) is 12.6. The van der Waals surface area contributed by atoms with E-state index in [1.54, 1.807) is 11.3 Å². The average molecular weight is 267 g/mol. The van der Waals surface area contributed by atoms with Crippen LogP contribution in [0.4, 0.5) is 0 Å². The van der Waals surface area contributed by atoms with Gasteiger partial charge in [-0.1, -0.05) is 23.7 Å². The molecule has 0 bridgehead atoms. The fourth-order valence-electron chi connectivity index (χ4n) is 1.74. The van der Waals surface area contributed by atoms with E-state index in [1.165, 1.54) is 10.4 Å². The van der Waals surface area contributed by atoms with Gasteiger partial charge in [0.2, 0.25) is 0 Å². The number of nitrogens with two attached hydrogens (primary N) is 1. The van der Waals surface area contributed by atoms with Gasteiger partial charge in [-0.05, 0) is 31.5 Å². The van der Waals surface area contributed by atoms with Crippen molar-refractivity contribution >= 4 is 22.9 Å². The van der Waals surface area contributed by atoms with Crippen LogP contribution >= 0.6 is 22.9 Å². The lowest BCUT2D eigenvalue weighted by Gasteiger charge is -2.00. The third kappa shape index (κ3) is 3.06. The minimum atomic E-state index is 0.0615. The highest BCUT2D eigenvalue weighted by Crippen LogP contribution is 2.25. The average Bonchev–Trinajstić information content (AvgIpc) is 2.63. The van der Waals surface area contributed by atoms with E-state index in [-0.39, 0.29) is 6.04 Å². The maximum Gasteiger partial charge on any atom is 0.0975 e. The first-order valence-corrected chi connectivity index (χ1v) is 6.72. The third-order valence-corrected chi connectivity index (χ3v) is 4.17. The summed E-state index contributed by atoms with van der Waals surface area (Å²) in [5, 5.41) is 1.87. The van der Waals surface area contributed by atoms with E-state index in [9.17, 15) is 0 Å². The van der Waals surface area contributed by atoms with E-state index in [0.29, 0.717) is 0 Å². The third-order valence-electron chi connectivity index (χ3n) is 2.56. The van der Waals surface area contributed by atoms with Gasteiger partial charge in [0, 0.05) is 22.4 Å². The SMILES string of the molecule is Cc1nc(Cc2ccc(Cl)cc2)sc1C(C)N. The Hall–Kier alpha value is -0.900. The van der Waals surface area contributed by atoms with E-state index >= 15 is 0 Å². The van der Waals surface area contributed by atoms with Crippen molar-refractivity contribution in [3.05, 3.63) is 50.4 Å². The predicted molar refractivity (Wildman–Crippen MR) is 73.7 cm³/mol. The van der Waals surface area contributed by atoms with Crippen LogP contribution in [-0.2, 0) is 6.42 Å². The quantitative estimate of drug-likeness (QED) is 0.920. The Kier molecular flexibility index (Phi) is 3.82. The summed E-state index contributed by atoms with van der Waals surface area (Å²) in [4.78, 5) is 5.73. The summed E-state index contributed by atoms with van der Waals surface area (Å²) in [6.07, 6.45) is 0.843. The Labute approximate surface area is 110 Å². The fourth-order valence-corrected chi connectivity index (χ4v) is 2.92. The van der Waals surface area contributed by atoms with E-state index in [2.05, 4.69) is 4.98 Å². The first-order chi connectivity index (χ1) is 8.06. The number of hydrogen-bond acceptors (Lipinski definition) is 3. The second kappa shape index (κ2) is 5.17. The molecule has 1 aromatic carbocycles. The predicted octanol–water partition coefficient (Wildman–Crippen LogP) is 3.72. The maximum absolute atomic E-state index is 5.89. The Bertz CT molecular complexity index is 503. The standard InChI is InChI=1S/C13H15ClN2S/c1-8(15)13-9(2)16-12(17-13)7-10-3-5-11(14)6-4-10/h3-6,8H,7,15H2,1-2H3. The zero-order valence-electron chi connectivity index (χ0n) is 9.90. The van der Waals surface area contributed by atoms with Gasteiger partial charge in [0.05, 0.1) is 10.7 Å². The molecule has 17 heavy (non-hydrogen) atoms. The van der Waals surface area contributed by atoms with Gasteiger partial charge in [0.15, 0.2) is 0 Å². The van der Waals surface area contributed by atoms with E-state index in [1.807, 2.05) is 38.1 Å². The lowest BCUT2D eigenvalue weighted by atomic mass is 10.2. The number of thiazole rings is 1. The highest BCUT2D eigenvalue weighted by atomic mass is 35.5. The molecular weight excluding hydrogens is 252 g/mol. The summed E-state index contributed by atoms with van der Waals surface area (Å²) in [7, 11) is 0. The van der Waals surface area contributed by atoms with Crippen molar-refractivity contribution in [3.8, 4) is 0 Å². The molecule has 2 nitrogen and oxygen atoms in total.